The molecule has 0 aromatic heterocycles. The van der Waals surface area contributed by atoms with Crippen LogP contribution < -0.4 is 5.32 Å². The second kappa shape index (κ2) is 5.53. The minimum Gasteiger partial charge on any atom is -0.322 e. The van der Waals surface area contributed by atoms with Crippen molar-refractivity contribution >= 4 is 33.1 Å². The quantitative estimate of drug-likeness (QED) is 0.531. The van der Waals surface area contributed by atoms with Gasteiger partial charge in [-0.25, -0.2) is 4.39 Å². The number of rotatable bonds is 2. The summed E-state index contributed by atoms with van der Waals surface area (Å²) in [6.45, 7) is 0. The Morgan fingerprint density at radius 3 is 1.87 bits per heavy atom. The van der Waals surface area contributed by atoms with Crippen molar-refractivity contribution in [2.75, 3.05) is 5.32 Å². The molecule has 3 aromatic carbocycles. The number of benzene rings is 3. The molecule has 0 aliphatic rings. The van der Waals surface area contributed by atoms with E-state index in [1.54, 1.807) is 48.5 Å². The first-order valence-electron chi connectivity index (χ1n) is 6.80. The van der Waals surface area contributed by atoms with Crippen molar-refractivity contribution < 1.29 is 22.4 Å². The lowest BCUT2D eigenvalue weighted by molar-refractivity contribution is -0.183. The number of nitrogens with one attached hydrogen (secondary N) is 1. The lowest BCUT2D eigenvalue weighted by atomic mass is 10.0. The van der Waals surface area contributed by atoms with Gasteiger partial charge in [-0.3, -0.25) is 4.79 Å². The number of halogens is 4. The number of carbonyl (C=O) groups is 1. The van der Waals surface area contributed by atoms with E-state index in [4.69, 9.17) is 0 Å². The van der Waals surface area contributed by atoms with Gasteiger partial charge in [-0.2, -0.15) is 13.2 Å². The van der Waals surface area contributed by atoms with Crippen LogP contribution in [0.2, 0.25) is 0 Å². The fourth-order valence-electron chi connectivity index (χ4n) is 2.48. The molecule has 23 heavy (non-hydrogen) atoms. The summed E-state index contributed by atoms with van der Waals surface area (Å²) in [5, 5.41) is 4.68. The summed E-state index contributed by atoms with van der Waals surface area (Å²) >= 11 is 0. The molecule has 0 aliphatic heterocycles. The lowest BCUT2D eigenvalue weighted by Crippen LogP contribution is -2.36. The molecule has 1 atom stereocenters. The Morgan fingerprint density at radius 2 is 1.39 bits per heavy atom. The number of hydrogen-bond donors (Lipinski definition) is 1. The molecule has 2 nitrogen and oxygen atoms in total. The molecule has 0 fully saturated rings. The molecule has 0 bridgehead atoms. The number of carbonyl (C=O) groups excluding carboxylic acids is 1. The van der Waals surface area contributed by atoms with Gasteiger partial charge in [0.2, 0.25) is 0 Å². The van der Waals surface area contributed by atoms with Gasteiger partial charge in [-0.15, -0.1) is 0 Å². The monoisotopic (exact) mass is 321 g/mol. The summed E-state index contributed by atoms with van der Waals surface area (Å²) in [4.78, 5) is 11.6. The van der Waals surface area contributed by atoms with Gasteiger partial charge < -0.3 is 5.32 Å². The van der Waals surface area contributed by atoms with Gasteiger partial charge in [-0.05, 0) is 16.8 Å². The van der Waals surface area contributed by atoms with Crippen LogP contribution in [0, 0.1) is 0 Å². The molecule has 118 valence electrons. The summed E-state index contributed by atoms with van der Waals surface area (Å²) in [6, 6.07) is 15.7. The fraction of sp³-hybridized carbons (Fsp3) is 0.118. The first-order valence-corrected chi connectivity index (χ1v) is 6.80. The third-order valence-corrected chi connectivity index (χ3v) is 3.54. The topological polar surface area (TPSA) is 29.1 Å². The van der Waals surface area contributed by atoms with E-state index in [1.165, 1.54) is 0 Å². The smallest absolute Gasteiger partial charge is 0.322 e. The highest BCUT2D eigenvalue weighted by Crippen LogP contribution is 2.33. The minimum atomic E-state index is -5.23. The van der Waals surface area contributed by atoms with Gasteiger partial charge in [0.05, 0.1) is 5.69 Å². The van der Waals surface area contributed by atoms with Crippen molar-refractivity contribution in [1.29, 1.82) is 0 Å². The van der Waals surface area contributed by atoms with E-state index in [1.807, 2.05) is 6.07 Å². The Bertz CT molecular complexity index is 835. The molecule has 0 aliphatic carbocycles. The average molecular weight is 321 g/mol. The second-order valence-corrected chi connectivity index (χ2v) is 5.09. The Hall–Kier alpha value is -2.63. The SMILES string of the molecule is O=C(Nc1c2ccccc2cc2ccccc12)C(F)C(F)(F)F. The van der Waals surface area contributed by atoms with Crippen molar-refractivity contribution in [3.8, 4) is 0 Å². The molecule has 3 aromatic rings. The van der Waals surface area contributed by atoms with Crippen molar-refractivity contribution in [3.05, 3.63) is 54.6 Å². The molecule has 0 saturated heterocycles. The van der Waals surface area contributed by atoms with Crippen LogP contribution in [0.5, 0.6) is 0 Å². The zero-order valence-electron chi connectivity index (χ0n) is 11.7. The standard InChI is InChI=1S/C17H11F4NO/c18-15(17(19,20)21)16(23)22-14-12-7-3-1-5-10(12)9-11-6-2-4-8-13(11)14/h1-9,15H,(H,22,23). The van der Waals surface area contributed by atoms with E-state index in [2.05, 4.69) is 5.32 Å². The summed E-state index contributed by atoms with van der Waals surface area (Å²) in [5.41, 5.74) is 0.176. The molecule has 0 heterocycles. The van der Waals surface area contributed by atoms with Crippen molar-refractivity contribution in [1.82, 2.24) is 0 Å². The van der Waals surface area contributed by atoms with E-state index in [-0.39, 0.29) is 5.69 Å². The summed E-state index contributed by atoms with van der Waals surface area (Å²) < 4.78 is 50.4. The van der Waals surface area contributed by atoms with Crippen LogP contribution in [0.3, 0.4) is 0 Å². The maximum atomic E-state index is 13.3. The van der Waals surface area contributed by atoms with Gasteiger partial charge in [-0.1, -0.05) is 48.5 Å². The van der Waals surface area contributed by atoms with Crippen LogP contribution >= 0.6 is 0 Å². The summed E-state index contributed by atoms with van der Waals surface area (Å²) in [5.74, 6) is -1.72. The third-order valence-electron chi connectivity index (χ3n) is 3.54. The van der Waals surface area contributed by atoms with Gasteiger partial charge in [0.25, 0.3) is 12.1 Å². The molecule has 1 unspecified atom stereocenters. The van der Waals surface area contributed by atoms with Gasteiger partial charge in [0.1, 0.15) is 0 Å². The number of alkyl halides is 4. The van der Waals surface area contributed by atoms with Gasteiger partial charge in [0.15, 0.2) is 0 Å². The maximum absolute atomic E-state index is 13.3. The predicted molar refractivity (Wildman–Crippen MR) is 81.0 cm³/mol. The van der Waals surface area contributed by atoms with Crippen LogP contribution in [-0.4, -0.2) is 18.3 Å². The van der Waals surface area contributed by atoms with Crippen molar-refractivity contribution in [2.45, 2.75) is 12.3 Å². The Balaban J connectivity index is 2.16. The van der Waals surface area contributed by atoms with Crippen LogP contribution in [-0.2, 0) is 4.79 Å². The first kappa shape index (κ1) is 15.3. The Morgan fingerprint density at radius 1 is 0.913 bits per heavy atom. The van der Waals surface area contributed by atoms with Crippen molar-refractivity contribution in [3.63, 3.8) is 0 Å². The summed E-state index contributed by atoms with van der Waals surface area (Å²) in [7, 11) is 0. The number of anilines is 1. The van der Waals surface area contributed by atoms with E-state index >= 15 is 0 Å². The van der Waals surface area contributed by atoms with E-state index in [0.717, 1.165) is 10.8 Å². The van der Waals surface area contributed by atoms with E-state index in [0.29, 0.717) is 10.8 Å². The Kier molecular flexibility index (Phi) is 3.67. The van der Waals surface area contributed by atoms with Crippen molar-refractivity contribution in [2.24, 2.45) is 0 Å². The molecule has 0 radical (unpaired) electrons. The predicted octanol–water partition coefficient (Wildman–Crippen LogP) is 4.83. The highest BCUT2D eigenvalue weighted by molar-refractivity contribution is 6.15. The number of hydrogen-bond acceptors (Lipinski definition) is 1. The van der Waals surface area contributed by atoms with Crippen LogP contribution in [0.15, 0.2) is 54.6 Å². The van der Waals surface area contributed by atoms with E-state index in [9.17, 15) is 22.4 Å². The average Bonchev–Trinajstić information content (AvgIpc) is 2.53. The van der Waals surface area contributed by atoms with Crippen LogP contribution in [0.25, 0.3) is 21.5 Å². The maximum Gasteiger partial charge on any atom is 0.428 e. The zero-order chi connectivity index (χ0) is 16.6. The normalized spacial score (nSPS) is 13.2. The lowest BCUT2D eigenvalue weighted by Gasteiger charge is -2.16. The largest absolute Gasteiger partial charge is 0.428 e. The minimum absolute atomic E-state index is 0.176. The molecule has 1 amide bonds. The highest BCUT2D eigenvalue weighted by Gasteiger charge is 2.45. The molecular formula is C17H11F4NO. The molecule has 0 spiro atoms. The van der Waals surface area contributed by atoms with Crippen LogP contribution in [0.1, 0.15) is 0 Å². The molecule has 0 saturated carbocycles. The van der Waals surface area contributed by atoms with Crippen LogP contribution in [0.4, 0.5) is 23.2 Å². The molecular weight excluding hydrogens is 310 g/mol. The third kappa shape index (κ3) is 2.84. The first-order chi connectivity index (χ1) is 10.9. The zero-order valence-corrected chi connectivity index (χ0v) is 11.7. The van der Waals surface area contributed by atoms with Gasteiger partial charge in [0, 0.05) is 10.8 Å². The molecule has 1 N–H and O–H groups in total. The van der Waals surface area contributed by atoms with Gasteiger partial charge >= 0.3 is 6.18 Å². The fourth-order valence-corrected chi connectivity index (χ4v) is 2.48. The highest BCUT2D eigenvalue weighted by atomic mass is 19.4. The molecule has 3 rings (SSSR count). The molecule has 6 heteroatoms. The Labute approximate surface area is 128 Å². The number of amides is 1. The summed E-state index contributed by atoms with van der Waals surface area (Å²) in [6.07, 6.45) is -8.80. The number of fused-ring (bicyclic) bond motifs is 2. The second-order valence-electron chi connectivity index (χ2n) is 5.09. The van der Waals surface area contributed by atoms with E-state index < -0.39 is 18.3 Å².